The summed E-state index contributed by atoms with van der Waals surface area (Å²) in [5, 5.41) is 15.7. The fourth-order valence-corrected chi connectivity index (χ4v) is 2.64. The van der Waals surface area contributed by atoms with Gasteiger partial charge in [0.1, 0.15) is 0 Å². The Morgan fingerprint density at radius 3 is 2.53 bits per heavy atom. The third kappa shape index (κ3) is 2.11. The number of hydrogen-bond donors (Lipinski definition) is 1. The van der Waals surface area contributed by atoms with E-state index in [4.69, 9.17) is 11.6 Å². The fraction of sp³-hybridized carbons (Fsp3) is 0.769. The Kier molecular flexibility index (Phi) is 3.03. The second kappa shape index (κ2) is 3.99. The maximum absolute atomic E-state index is 10.6. The molecular formula is C13H21ClN2O. The van der Waals surface area contributed by atoms with E-state index in [-0.39, 0.29) is 5.41 Å². The number of nitrogens with zero attached hydrogens (tertiary/aromatic N) is 2. The van der Waals surface area contributed by atoms with Crippen LogP contribution in [0.2, 0.25) is 5.02 Å². The van der Waals surface area contributed by atoms with Crippen molar-refractivity contribution in [2.45, 2.75) is 52.1 Å². The van der Waals surface area contributed by atoms with Gasteiger partial charge in [-0.05, 0) is 31.6 Å². The van der Waals surface area contributed by atoms with Crippen LogP contribution in [0, 0.1) is 5.41 Å². The predicted molar refractivity (Wildman–Crippen MR) is 69.3 cm³/mol. The lowest BCUT2D eigenvalue weighted by atomic mass is 9.83. The lowest BCUT2D eigenvalue weighted by Crippen LogP contribution is -2.37. The molecule has 0 amide bonds. The zero-order chi connectivity index (χ0) is 12.8. The Hall–Kier alpha value is -0.540. The lowest BCUT2D eigenvalue weighted by molar-refractivity contribution is -0.00853. The van der Waals surface area contributed by atoms with Gasteiger partial charge in [0.2, 0.25) is 0 Å². The molecule has 0 saturated heterocycles. The molecule has 0 aromatic carbocycles. The van der Waals surface area contributed by atoms with Crippen LogP contribution in [-0.2, 0) is 19.9 Å². The largest absolute Gasteiger partial charge is 0.389 e. The van der Waals surface area contributed by atoms with Crippen molar-refractivity contribution in [2.24, 2.45) is 12.5 Å². The highest BCUT2D eigenvalue weighted by atomic mass is 35.5. The molecule has 1 aliphatic carbocycles. The molecule has 0 radical (unpaired) electrons. The maximum atomic E-state index is 10.6. The molecule has 1 saturated carbocycles. The zero-order valence-electron chi connectivity index (χ0n) is 11.0. The molecule has 2 rings (SSSR count). The highest BCUT2D eigenvalue weighted by Crippen LogP contribution is 2.54. The van der Waals surface area contributed by atoms with E-state index in [1.54, 1.807) is 4.68 Å². The van der Waals surface area contributed by atoms with Crippen LogP contribution in [0.3, 0.4) is 0 Å². The van der Waals surface area contributed by atoms with Crippen molar-refractivity contribution in [3.05, 3.63) is 16.4 Å². The van der Waals surface area contributed by atoms with Crippen LogP contribution in [0.25, 0.3) is 0 Å². The summed E-state index contributed by atoms with van der Waals surface area (Å²) < 4.78 is 1.81. The van der Waals surface area contributed by atoms with Gasteiger partial charge in [0.15, 0.2) is 0 Å². The minimum absolute atomic E-state index is 0.0486. The monoisotopic (exact) mass is 256 g/mol. The molecule has 1 unspecified atom stereocenters. The molecule has 3 nitrogen and oxygen atoms in total. The summed E-state index contributed by atoms with van der Waals surface area (Å²) >= 11 is 6.31. The van der Waals surface area contributed by atoms with Crippen molar-refractivity contribution < 1.29 is 5.11 Å². The highest BCUT2D eigenvalue weighted by molar-refractivity contribution is 6.31. The standard InChI is InChI=1S/C13H21ClN2O/c1-5-9-11(14)10(16(4)15-9)8-13(3,17)12(2)6-7-12/h17H,5-8H2,1-4H3. The van der Waals surface area contributed by atoms with Gasteiger partial charge in [0, 0.05) is 13.5 Å². The third-order valence-corrected chi connectivity index (χ3v) is 4.75. The molecule has 0 bridgehead atoms. The molecule has 17 heavy (non-hydrogen) atoms. The summed E-state index contributed by atoms with van der Waals surface area (Å²) in [6.07, 6.45) is 3.59. The van der Waals surface area contributed by atoms with Crippen LogP contribution in [0.4, 0.5) is 0 Å². The summed E-state index contributed by atoms with van der Waals surface area (Å²) in [6.45, 7) is 6.09. The van der Waals surface area contributed by atoms with Crippen molar-refractivity contribution in [1.29, 1.82) is 0 Å². The van der Waals surface area contributed by atoms with Gasteiger partial charge in [0.05, 0.1) is 22.0 Å². The second-order valence-electron chi connectivity index (χ2n) is 5.70. The van der Waals surface area contributed by atoms with Gasteiger partial charge in [0.25, 0.3) is 0 Å². The smallest absolute Gasteiger partial charge is 0.0850 e. The van der Waals surface area contributed by atoms with Crippen molar-refractivity contribution in [3.63, 3.8) is 0 Å². The van der Waals surface area contributed by atoms with E-state index >= 15 is 0 Å². The first-order chi connectivity index (χ1) is 7.81. The summed E-state index contributed by atoms with van der Waals surface area (Å²) in [5.74, 6) is 0. The Balaban J connectivity index is 2.27. The second-order valence-corrected chi connectivity index (χ2v) is 6.07. The number of aromatic nitrogens is 2. The normalized spacial score (nSPS) is 21.3. The first-order valence-electron chi connectivity index (χ1n) is 6.23. The van der Waals surface area contributed by atoms with Crippen LogP contribution in [0.5, 0.6) is 0 Å². The SMILES string of the molecule is CCc1nn(C)c(CC(C)(O)C2(C)CC2)c1Cl. The van der Waals surface area contributed by atoms with Gasteiger partial charge in [-0.2, -0.15) is 5.10 Å². The zero-order valence-corrected chi connectivity index (χ0v) is 11.8. The molecule has 1 N–H and O–H groups in total. The molecule has 1 fully saturated rings. The molecule has 1 aromatic rings. The first kappa shape index (κ1) is 12.9. The Morgan fingerprint density at radius 2 is 2.12 bits per heavy atom. The highest BCUT2D eigenvalue weighted by Gasteiger charge is 2.52. The van der Waals surface area contributed by atoms with Gasteiger partial charge in [-0.1, -0.05) is 25.4 Å². The minimum Gasteiger partial charge on any atom is -0.389 e. The number of hydrogen-bond acceptors (Lipinski definition) is 2. The molecule has 1 aliphatic rings. The summed E-state index contributed by atoms with van der Waals surface area (Å²) in [6, 6.07) is 0. The predicted octanol–water partition coefficient (Wildman–Crippen LogP) is 2.73. The van der Waals surface area contributed by atoms with Crippen molar-refractivity contribution in [2.75, 3.05) is 0 Å². The number of halogens is 1. The minimum atomic E-state index is -0.699. The van der Waals surface area contributed by atoms with E-state index in [0.29, 0.717) is 6.42 Å². The van der Waals surface area contributed by atoms with Crippen LogP contribution in [0.1, 0.15) is 45.0 Å². The van der Waals surface area contributed by atoms with Gasteiger partial charge in [-0.3, -0.25) is 4.68 Å². The quantitative estimate of drug-likeness (QED) is 0.900. The fourth-order valence-electron chi connectivity index (χ4n) is 2.28. The number of aryl methyl sites for hydroxylation is 2. The van der Waals surface area contributed by atoms with E-state index < -0.39 is 5.60 Å². The van der Waals surface area contributed by atoms with Gasteiger partial charge >= 0.3 is 0 Å². The summed E-state index contributed by atoms with van der Waals surface area (Å²) in [4.78, 5) is 0. The lowest BCUT2D eigenvalue weighted by Gasteiger charge is -2.30. The van der Waals surface area contributed by atoms with Crippen LogP contribution in [-0.4, -0.2) is 20.5 Å². The van der Waals surface area contributed by atoms with Crippen LogP contribution < -0.4 is 0 Å². The van der Waals surface area contributed by atoms with E-state index in [0.717, 1.165) is 35.7 Å². The van der Waals surface area contributed by atoms with E-state index in [2.05, 4.69) is 12.0 Å². The van der Waals surface area contributed by atoms with E-state index in [1.807, 2.05) is 20.9 Å². The van der Waals surface area contributed by atoms with Crippen molar-refractivity contribution in [3.8, 4) is 0 Å². The summed E-state index contributed by atoms with van der Waals surface area (Å²) in [5.41, 5.74) is 1.21. The van der Waals surface area contributed by atoms with E-state index in [9.17, 15) is 5.11 Å². The molecule has 1 aromatic heterocycles. The Labute approximate surface area is 108 Å². The molecule has 1 heterocycles. The van der Waals surface area contributed by atoms with Gasteiger partial charge in [-0.15, -0.1) is 0 Å². The van der Waals surface area contributed by atoms with Gasteiger partial charge < -0.3 is 5.11 Å². The van der Waals surface area contributed by atoms with Crippen LogP contribution in [0.15, 0.2) is 0 Å². The molecule has 0 spiro atoms. The Morgan fingerprint density at radius 1 is 1.53 bits per heavy atom. The number of aliphatic hydroxyl groups is 1. The molecule has 0 aliphatic heterocycles. The maximum Gasteiger partial charge on any atom is 0.0850 e. The molecule has 4 heteroatoms. The number of rotatable bonds is 4. The van der Waals surface area contributed by atoms with Crippen molar-refractivity contribution in [1.82, 2.24) is 9.78 Å². The molecular weight excluding hydrogens is 236 g/mol. The summed E-state index contributed by atoms with van der Waals surface area (Å²) in [7, 11) is 1.89. The average Bonchev–Trinajstić information content (AvgIpc) is 2.96. The Bertz CT molecular complexity index is 433. The van der Waals surface area contributed by atoms with Gasteiger partial charge in [-0.25, -0.2) is 0 Å². The third-order valence-electron chi connectivity index (χ3n) is 4.31. The molecule has 1 atom stereocenters. The topological polar surface area (TPSA) is 38.0 Å². The average molecular weight is 257 g/mol. The van der Waals surface area contributed by atoms with E-state index in [1.165, 1.54) is 0 Å². The first-order valence-corrected chi connectivity index (χ1v) is 6.61. The van der Waals surface area contributed by atoms with Crippen LogP contribution >= 0.6 is 11.6 Å². The molecule has 96 valence electrons. The van der Waals surface area contributed by atoms with Crippen molar-refractivity contribution >= 4 is 11.6 Å².